The molecule has 1 aromatic heterocycles. The molecule has 2 aromatic carbocycles. The maximum absolute atomic E-state index is 13.0. The molecule has 0 spiro atoms. The fourth-order valence-electron chi connectivity index (χ4n) is 3.31. The Hall–Kier alpha value is -2.56. The number of halogens is 1. The van der Waals surface area contributed by atoms with Crippen molar-refractivity contribution in [2.24, 2.45) is 0 Å². The SMILES string of the molecule is Cc1ccc(O)c(S(=O)(=O)N2CCN(c3nnc(Cc4ccc(F)cc4)s3)CC2)c1. The molecule has 2 heterocycles. The summed E-state index contributed by atoms with van der Waals surface area (Å²) in [5, 5.41) is 20.0. The first kappa shape index (κ1) is 20.7. The number of anilines is 1. The number of aromatic nitrogens is 2. The van der Waals surface area contributed by atoms with E-state index in [1.54, 1.807) is 25.1 Å². The van der Waals surface area contributed by atoms with Gasteiger partial charge in [0, 0.05) is 32.6 Å². The number of benzene rings is 2. The predicted molar refractivity (Wildman–Crippen MR) is 113 cm³/mol. The van der Waals surface area contributed by atoms with Crippen LogP contribution in [0, 0.1) is 12.7 Å². The Morgan fingerprint density at radius 3 is 2.47 bits per heavy atom. The van der Waals surface area contributed by atoms with E-state index in [4.69, 9.17) is 0 Å². The van der Waals surface area contributed by atoms with Crippen LogP contribution in [0.15, 0.2) is 47.4 Å². The van der Waals surface area contributed by atoms with Gasteiger partial charge in [-0.1, -0.05) is 29.5 Å². The minimum atomic E-state index is -3.77. The molecule has 1 aliphatic heterocycles. The molecule has 0 bridgehead atoms. The topological polar surface area (TPSA) is 86.6 Å². The third kappa shape index (κ3) is 4.30. The standard InChI is InChI=1S/C20H21FN4O3S2/c1-14-2-7-17(26)18(12-14)30(27,28)25-10-8-24(9-11-25)20-23-22-19(29-20)13-15-3-5-16(21)6-4-15/h2-7,12,26H,8-11,13H2,1H3. The largest absolute Gasteiger partial charge is 0.507 e. The van der Waals surface area contributed by atoms with Gasteiger partial charge in [-0.05, 0) is 42.3 Å². The van der Waals surface area contributed by atoms with E-state index < -0.39 is 10.0 Å². The first-order chi connectivity index (χ1) is 14.3. The minimum Gasteiger partial charge on any atom is -0.507 e. The molecule has 4 rings (SSSR count). The van der Waals surface area contributed by atoms with Gasteiger partial charge in [0.15, 0.2) is 0 Å². The normalized spacial score (nSPS) is 15.5. The molecule has 158 valence electrons. The number of phenolic OH excluding ortho intramolecular Hbond substituents is 1. The summed E-state index contributed by atoms with van der Waals surface area (Å²) in [5.74, 6) is -0.513. The predicted octanol–water partition coefficient (Wildman–Crippen LogP) is 2.79. The number of piperazine rings is 1. The lowest BCUT2D eigenvalue weighted by atomic mass is 10.2. The molecule has 10 heteroatoms. The van der Waals surface area contributed by atoms with Crippen LogP contribution >= 0.6 is 11.3 Å². The van der Waals surface area contributed by atoms with Gasteiger partial charge in [-0.15, -0.1) is 10.2 Å². The van der Waals surface area contributed by atoms with Crippen molar-refractivity contribution in [3.63, 3.8) is 0 Å². The molecule has 30 heavy (non-hydrogen) atoms. The number of rotatable bonds is 5. The fraction of sp³-hybridized carbons (Fsp3) is 0.300. The highest BCUT2D eigenvalue weighted by molar-refractivity contribution is 7.89. The number of aryl methyl sites for hydroxylation is 1. The molecular weight excluding hydrogens is 427 g/mol. The van der Waals surface area contributed by atoms with Gasteiger partial charge in [-0.2, -0.15) is 4.31 Å². The van der Waals surface area contributed by atoms with Crippen LogP contribution < -0.4 is 4.90 Å². The summed E-state index contributed by atoms with van der Waals surface area (Å²) >= 11 is 1.45. The molecule has 0 atom stereocenters. The summed E-state index contributed by atoms with van der Waals surface area (Å²) < 4.78 is 40.3. The van der Waals surface area contributed by atoms with E-state index in [0.717, 1.165) is 21.3 Å². The molecule has 1 aliphatic rings. The summed E-state index contributed by atoms with van der Waals surface area (Å²) in [6, 6.07) is 10.9. The van der Waals surface area contributed by atoms with Gasteiger partial charge >= 0.3 is 0 Å². The second kappa shape index (κ2) is 8.29. The molecular formula is C20H21FN4O3S2. The average Bonchev–Trinajstić information content (AvgIpc) is 3.20. The van der Waals surface area contributed by atoms with E-state index in [-0.39, 0.29) is 16.5 Å². The molecule has 1 saturated heterocycles. The smallest absolute Gasteiger partial charge is 0.246 e. The van der Waals surface area contributed by atoms with Crippen molar-refractivity contribution in [1.29, 1.82) is 0 Å². The van der Waals surface area contributed by atoms with Gasteiger partial charge in [-0.3, -0.25) is 0 Å². The third-order valence-electron chi connectivity index (χ3n) is 4.97. The zero-order valence-corrected chi connectivity index (χ0v) is 18.0. The zero-order valence-electron chi connectivity index (χ0n) is 16.3. The highest BCUT2D eigenvalue weighted by Gasteiger charge is 2.31. The van der Waals surface area contributed by atoms with E-state index in [0.29, 0.717) is 32.6 Å². The zero-order chi connectivity index (χ0) is 21.3. The van der Waals surface area contributed by atoms with Crippen LogP contribution in [-0.4, -0.2) is 54.2 Å². The lowest BCUT2D eigenvalue weighted by Gasteiger charge is -2.33. The van der Waals surface area contributed by atoms with Crippen LogP contribution in [-0.2, 0) is 16.4 Å². The molecule has 0 amide bonds. The van der Waals surface area contributed by atoms with E-state index in [1.807, 2.05) is 4.90 Å². The number of hydrogen-bond acceptors (Lipinski definition) is 7. The quantitative estimate of drug-likeness (QED) is 0.646. The summed E-state index contributed by atoms with van der Waals surface area (Å²) in [5.41, 5.74) is 1.72. The van der Waals surface area contributed by atoms with Crippen LogP contribution in [0.2, 0.25) is 0 Å². The highest BCUT2D eigenvalue weighted by atomic mass is 32.2. The van der Waals surface area contributed by atoms with E-state index in [9.17, 15) is 17.9 Å². The van der Waals surface area contributed by atoms with Crippen molar-refractivity contribution in [3.05, 3.63) is 64.4 Å². The van der Waals surface area contributed by atoms with E-state index in [1.165, 1.54) is 39.9 Å². The van der Waals surface area contributed by atoms with Crippen molar-refractivity contribution < 1.29 is 17.9 Å². The minimum absolute atomic E-state index is 0.0616. The molecule has 1 fully saturated rings. The molecule has 0 unspecified atom stereocenters. The van der Waals surface area contributed by atoms with Crippen LogP contribution in [0.3, 0.4) is 0 Å². The van der Waals surface area contributed by atoms with Crippen molar-refractivity contribution in [2.45, 2.75) is 18.2 Å². The second-order valence-electron chi connectivity index (χ2n) is 7.14. The molecule has 0 radical (unpaired) electrons. The number of hydrogen-bond donors (Lipinski definition) is 1. The number of phenols is 1. The van der Waals surface area contributed by atoms with Gasteiger partial charge in [-0.25, -0.2) is 12.8 Å². The van der Waals surface area contributed by atoms with E-state index >= 15 is 0 Å². The lowest BCUT2D eigenvalue weighted by molar-refractivity contribution is 0.380. The van der Waals surface area contributed by atoms with Crippen LogP contribution in [0.1, 0.15) is 16.1 Å². The Morgan fingerprint density at radius 1 is 1.07 bits per heavy atom. The van der Waals surface area contributed by atoms with Gasteiger partial charge < -0.3 is 10.0 Å². The molecule has 0 saturated carbocycles. The summed E-state index contributed by atoms with van der Waals surface area (Å²) in [6.07, 6.45) is 0.568. The number of nitrogens with zero attached hydrogens (tertiary/aromatic N) is 4. The fourth-order valence-corrected chi connectivity index (χ4v) is 5.82. The Morgan fingerprint density at radius 2 is 1.77 bits per heavy atom. The first-order valence-corrected chi connectivity index (χ1v) is 11.7. The Kier molecular flexibility index (Phi) is 5.72. The Labute approximate surface area is 178 Å². The van der Waals surface area contributed by atoms with Crippen molar-refractivity contribution in [3.8, 4) is 5.75 Å². The first-order valence-electron chi connectivity index (χ1n) is 9.44. The Bertz CT molecular complexity index is 1140. The summed E-state index contributed by atoms with van der Waals surface area (Å²) in [4.78, 5) is 1.95. The number of aromatic hydroxyl groups is 1. The lowest BCUT2D eigenvalue weighted by Crippen LogP contribution is -2.48. The summed E-state index contributed by atoms with van der Waals surface area (Å²) in [6.45, 7) is 3.34. The van der Waals surface area contributed by atoms with Crippen molar-refractivity contribution in [2.75, 3.05) is 31.1 Å². The van der Waals surface area contributed by atoms with Gasteiger partial charge in [0.1, 0.15) is 21.5 Å². The maximum atomic E-state index is 13.0. The number of sulfonamides is 1. The maximum Gasteiger partial charge on any atom is 0.246 e. The molecule has 7 nitrogen and oxygen atoms in total. The van der Waals surface area contributed by atoms with Gasteiger partial charge in [0.05, 0.1) is 0 Å². The Balaban J connectivity index is 1.42. The molecule has 1 N–H and O–H groups in total. The van der Waals surface area contributed by atoms with Crippen LogP contribution in [0.4, 0.5) is 9.52 Å². The summed E-state index contributed by atoms with van der Waals surface area (Å²) in [7, 11) is -3.77. The second-order valence-corrected chi connectivity index (χ2v) is 10.1. The monoisotopic (exact) mass is 448 g/mol. The highest BCUT2D eigenvalue weighted by Crippen LogP contribution is 2.29. The van der Waals surface area contributed by atoms with Crippen molar-refractivity contribution in [1.82, 2.24) is 14.5 Å². The van der Waals surface area contributed by atoms with Gasteiger partial charge in [0.2, 0.25) is 15.2 Å². The average molecular weight is 449 g/mol. The van der Waals surface area contributed by atoms with Crippen molar-refractivity contribution >= 4 is 26.5 Å². The third-order valence-corrected chi connectivity index (χ3v) is 7.88. The van der Waals surface area contributed by atoms with Crippen LogP contribution in [0.25, 0.3) is 0 Å². The van der Waals surface area contributed by atoms with E-state index in [2.05, 4.69) is 10.2 Å². The van der Waals surface area contributed by atoms with Gasteiger partial charge in [0.25, 0.3) is 0 Å². The molecule has 0 aliphatic carbocycles. The molecule has 3 aromatic rings. The van der Waals surface area contributed by atoms with Crippen LogP contribution in [0.5, 0.6) is 5.75 Å².